The molecule has 26 heavy (non-hydrogen) atoms. The number of halogens is 1. The van der Waals surface area contributed by atoms with Gasteiger partial charge in [-0.3, -0.25) is 0 Å². The molecule has 0 spiro atoms. The van der Waals surface area contributed by atoms with Crippen molar-refractivity contribution in [2.24, 2.45) is 0 Å². The van der Waals surface area contributed by atoms with Gasteiger partial charge in [0.05, 0.1) is 27.2 Å². The van der Waals surface area contributed by atoms with Crippen molar-refractivity contribution in [2.45, 2.75) is 96.4 Å². The molecule has 0 radical (unpaired) electrons. The van der Waals surface area contributed by atoms with Crippen LogP contribution in [0.25, 0.3) is 0 Å². The molecule has 0 aliphatic carbocycles. The molecule has 1 atom stereocenters. The van der Waals surface area contributed by atoms with Gasteiger partial charge in [-0.1, -0.05) is 101 Å². The lowest BCUT2D eigenvalue weighted by molar-refractivity contribution is -0.896. The molecule has 0 aromatic heterocycles. The monoisotopic (exact) mass is 381 g/mol. The standard InChI is InChI=1S/C24H44N.ClH/c1-5-6-7-8-9-10-11-12-13-14-18-21-24(25(2,3)4)22-23-19-16-15-17-20-23;/h15-17,19-20,24H,5-14,18,21-22H2,1-4H3;1H/q+1;/p-1. The maximum atomic E-state index is 2.35. The minimum absolute atomic E-state index is 0. The van der Waals surface area contributed by atoms with Crippen LogP contribution in [0.3, 0.4) is 0 Å². The number of unbranched alkanes of at least 4 members (excludes halogenated alkanes) is 10. The molecule has 0 bridgehead atoms. The van der Waals surface area contributed by atoms with Crippen molar-refractivity contribution >= 4 is 0 Å². The Morgan fingerprint density at radius 2 is 1.15 bits per heavy atom. The summed E-state index contributed by atoms with van der Waals surface area (Å²) in [5.41, 5.74) is 1.49. The second kappa shape index (κ2) is 15.5. The summed E-state index contributed by atoms with van der Waals surface area (Å²) in [7, 11) is 7.06. The number of rotatable bonds is 15. The van der Waals surface area contributed by atoms with Crippen molar-refractivity contribution < 1.29 is 16.9 Å². The lowest BCUT2D eigenvalue weighted by Crippen LogP contribution is -3.00. The van der Waals surface area contributed by atoms with E-state index in [9.17, 15) is 0 Å². The fraction of sp³-hybridized carbons (Fsp3) is 0.750. The van der Waals surface area contributed by atoms with Crippen molar-refractivity contribution in [3.05, 3.63) is 35.9 Å². The highest BCUT2D eigenvalue weighted by Gasteiger charge is 2.23. The first kappa shape index (κ1) is 25.5. The van der Waals surface area contributed by atoms with Gasteiger partial charge in [0.1, 0.15) is 0 Å². The van der Waals surface area contributed by atoms with Crippen LogP contribution in [-0.4, -0.2) is 31.7 Å². The van der Waals surface area contributed by atoms with Crippen LogP contribution in [0.15, 0.2) is 30.3 Å². The van der Waals surface area contributed by atoms with E-state index < -0.39 is 0 Å². The van der Waals surface area contributed by atoms with Gasteiger partial charge in [-0.15, -0.1) is 0 Å². The first-order valence-electron chi connectivity index (χ1n) is 10.9. The van der Waals surface area contributed by atoms with Gasteiger partial charge in [0, 0.05) is 6.42 Å². The summed E-state index contributed by atoms with van der Waals surface area (Å²) in [5.74, 6) is 0. The van der Waals surface area contributed by atoms with Crippen LogP contribution in [0.4, 0.5) is 0 Å². The molecule has 0 aliphatic rings. The van der Waals surface area contributed by atoms with E-state index in [1.165, 1.54) is 89.0 Å². The summed E-state index contributed by atoms with van der Waals surface area (Å²) in [6.45, 7) is 2.29. The van der Waals surface area contributed by atoms with Crippen LogP contribution < -0.4 is 12.4 Å². The minimum atomic E-state index is 0. The number of hydrogen-bond donors (Lipinski definition) is 0. The third kappa shape index (κ3) is 12.8. The van der Waals surface area contributed by atoms with Gasteiger partial charge in [-0.05, 0) is 18.4 Å². The molecule has 1 aromatic carbocycles. The summed E-state index contributed by atoms with van der Waals surface area (Å²) < 4.78 is 1.08. The second-order valence-corrected chi connectivity index (χ2v) is 8.78. The average Bonchev–Trinajstić information content (AvgIpc) is 2.58. The highest BCUT2D eigenvalue weighted by Crippen LogP contribution is 2.19. The van der Waals surface area contributed by atoms with Crippen LogP contribution >= 0.6 is 0 Å². The Bertz CT molecular complexity index is 410. The summed E-state index contributed by atoms with van der Waals surface area (Å²) in [6.07, 6.45) is 18.3. The fourth-order valence-electron chi connectivity index (χ4n) is 3.69. The summed E-state index contributed by atoms with van der Waals surface area (Å²) in [5, 5.41) is 0. The molecule has 0 amide bonds. The van der Waals surface area contributed by atoms with Gasteiger partial charge in [0.15, 0.2) is 0 Å². The number of quaternary nitrogens is 1. The van der Waals surface area contributed by atoms with Gasteiger partial charge in [0.2, 0.25) is 0 Å². The largest absolute Gasteiger partial charge is 1.00 e. The lowest BCUT2D eigenvalue weighted by atomic mass is 9.97. The Morgan fingerprint density at radius 1 is 0.692 bits per heavy atom. The molecule has 2 heteroatoms. The molecule has 152 valence electrons. The first-order chi connectivity index (χ1) is 12.0. The molecule has 0 aliphatic heterocycles. The predicted molar refractivity (Wildman–Crippen MR) is 113 cm³/mol. The van der Waals surface area contributed by atoms with Crippen LogP contribution in [0, 0.1) is 0 Å². The van der Waals surface area contributed by atoms with Crippen LogP contribution in [0.1, 0.15) is 89.5 Å². The first-order valence-corrected chi connectivity index (χ1v) is 10.9. The van der Waals surface area contributed by atoms with Crippen LogP contribution in [0.5, 0.6) is 0 Å². The fourth-order valence-corrected chi connectivity index (χ4v) is 3.69. The van der Waals surface area contributed by atoms with E-state index in [-0.39, 0.29) is 12.4 Å². The second-order valence-electron chi connectivity index (χ2n) is 8.78. The Morgan fingerprint density at radius 3 is 1.62 bits per heavy atom. The molecular formula is C24H44ClN. The number of hydrogen-bond acceptors (Lipinski definition) is 0. The van der Waals surface area contributed by atoms with E-state index in [1.54, 1.807) is 0 Å². The average molecular weight is 382 g/mol. The van der Waals surface area contributed by atoms with E-state index in [0.717, 1.165) is 10.5 Å². The predicted octanol–water partition coefficient (Wildman–Crippen LogP) is 4.01. The van der Waals surface area contributed by atoms with E-state index >= 15 is 0 Å². The minimum Gasteiger partial charge on any atom is -1.00 e. The molecular weight excluding hydrogens is 338 g/mol. The Kier molecular flexibility index (Phi) is 15.2. The summed E-state index contributed by atoms with van der Waals surface area (Å²) >= 11 is 0. The van der Waals surface area contributed by atoms with E-state index in [0.29, 0.717) is 0 Å². The highest BCUT2D eigenvalue weighted by atomic mass is 35.5. The maximum Gasteiger partial charge on any atom is 0.0925 e. The third-order valence-corrected chi connectivity index (χ3v) is 5.55. The SMILES string of the molecule is CCCCCCCCCCCCCC(Cc1ccccc1)[N+](C)(C)C.[Cl-]. The van der Waals surface area contributed by atoms with E-state index in [2.05, 4.69) is 58.4 Å². The zero-order chi connectivity index (χ0) is 18.4. The lowest BCUT2D eigenvalue weighted by Gasteiger charge is -2.34. The molecule has 0 fully saturated rings. The van der Waals surface area contributed by atoms with Crippen molar-refractivity contribution in [2.75, 3.05) is 21.1 Å². The van der Waals surface area contributed by atoms with E-state index in [1.807, 2.05) is 0 Å². The number of benzene rings is 1. The Labute approximate surface area is 170 Å². The summed E-state index contributed by atoms with van der Waals surface area (Å²) in [4.78, 5) is 0. The van der Waals surface area contributed by atoms with Crippen molar-refractivity contribution in [1.29, 1.82) is 0 Å². The quantitative estimate of drug-likeness (QED) is 0.318. The Hall–Kier alpha value is -0.530. The number of nitrogens with zero attached hydrogens (tertiary/aromatic N) is 1. The molecule has 1 rings (SSSR count). The topological polar surface area (TPSA) is 0 Å². The smallest absolute Gasteiger partial charge is 0.0925 e. The molecule has 0 N–H and O–H groups in total. The van der Waals surface area contributed by atoms with Gasteiger partial charge >= 0.3 is 0 Å². The van der Waals surface area contributed by atoms with Crippen molar-refractivity contribution in [1.82, 2.24) is 0 Å². The maximum absolute atomic E-state index is 2.35. The zero-order valence-electron chi connectivity index (χ0n) is 18.0. The molecule has 0 saturated carbocycles. The molecule has 1 aromatic rings. The Balaban J connectivity index is 0.00000625. The van der Waals surface area contributed by atoms with E-state index in [4.69, 9.17) is 0 Å². The zero-order valence-corrected chi connectivity index (χ0v) is 18.7. The van der Waals surface area contributed by atoms with Crippen molar-refractivity contribution in [3.8, 4) is 0 Å². The van der Waals surface area contributed by atoms with Gasteiger partial charge in [0.25, 0.3) is 0 Å². The van der Waals surface area contributed by atoms with Gasteiger partial charge < -0.3 is 16.9 Å². The van der Waals surface area contributed by atoms with Crippen LogP contribution in [-0.2, 0) is 6.42 Å². The van der Waals surface area contributed by atoms with Gasteiger partial charge in [-0.25, -0.2) is 0 Å². The highest BCUT2D eigenvalue weighted by molar-refractivity contribution is 5.15. The molecule has 0 saturated heterocycles. The third-order valence-electron chi connectivity index (χ3n) is 5.55. The summed E-state index contributed by atoms with van der Waals surface area (Å²) in [6, 6.07) is 11.8. The molecule has 1 unspecified atom stereocenters. The molecule has 0 heterocycles. The van der Waals surface area contributed by atoms with Gasteiger partial charge in [-0.2, -0.15) is 0 Å². The normalized spacial score (nSPS) is 12.6. The van der Waals surface area contributed by atoms with Crippen LogP contribution in [0.2, 0.25) is 0 Å². The number of likely N-dealkylation sites (N-methyl/N-ethyl adjacent to an activating group) is 1. The molecule has 1 nitrogen and oxygen atoms in total. The van der Waals surface area contributed by atoms with Crippen molar-refractivity contribution in [3.63, 3.8) is 0 Å².